The van der Waals surface area contributed by atoms with Crippen LogP contribution < -0.4 is 5.32 Å². The summed E-state index contributed by atoms with van der Waals surface area (Å²) in [6.45, 7) is 6.90. The number of nitrogens with one attached hydrogen (secondary N) is 1. The van der Waals surface area contributed by atoms with Gasteiger partial charge in [-0.15, -0.1) is 0 Å². The fourth-order valence-corrected chi connectivity index (χ4v) is 2.85. The summed E-state index contributed by atoms with van der Waals surface area (Å²) in [5.41, 5.74) is 0.895. The van der Waals surface area contributed by atoms with E-state index in [0.717, 1.165) is 5.56 Å². The van der Waals surface area contributed by atoms with Gasteiger partial charge < -0.3 is 15.0 Å². The van der Waals surface area contributed by atoms with Crippen molar-refractivity contribution in [3.05, 3.63) is 34.9 Å². The van der Waals surface area contributed by atoms with Gasteiger partial charge in [0.2, 0.25) is 5.91 Å². The van der Waals surface area contributed by atoms with Gasteiger partial charge in [-0.25, -0.2) is 4.79 Å². The number of amides is 2. The van der Waals surface area contributed by atoms with Gasteiger partial charge in [-0.1, -0.05) is 29.8 Å². The number of benzene rings is 1. The third kappa shape index (κ3) is 4.85. The van der Waals surface area contributed by atoms with Gasteiger partial charge in [0, 0.05) is 37.7 Å². The predicted molar refractivity (Wildman–Crippen MR) is 92.9 cm³/mol. The molecule has 6 nitrogen and oxygen atoms in total. The van der Waals surface area contributed by atoms with E-state index in [1.54, 1.807) is 17.9 Å². The zero-order chi connectivity index (χ0) is 17.5. The van der Waals surface area contributed by atoms with Gasteiger partial charge in [-0.05, 0) is 25.5 Å². The van der Waals surface area contributed by atoms with Gasteiger partial charge in [-0.3, -0.25) is 9.69 Å². The normalized spacial score (nSPS) is 16.5. The van der Waals surface area contributed by atoms with Crippen LogP contribution in [0.15, 0.2) is 24.3 Å². The molecule has 2 rings (SSSR count). The van der Waals surface area contributed by atoms with Gasteiger partial charge in [0.05, 0.1) is 12.6 Å². The Hall–Kier alpha value is -1.79. The largest absolute Gasteiger partial charge is 0.450 e. The molecule has 0 aliphatic carbocycles. The van der Waals surface area contributed by atoms with Crippen LogP contribution in [0.4, 0.5) is 4.79 Å². The second-order valence-electron chi connectivity index (χ2n) is 5.71. The van der Waals surface area contributed by atoms with Crippen LogP contribution in [0, 0.1) is 0 Å². The summed E-state index contributed by atoms with van der Waals surface area (Å²) in [5.74, 6) is -0.0421. The average molecular weight is 354 g/mol. The molecule has 1 aromatic carbocycles. The second-order valence-corrected chi connectivity index (χ2v) is 6.11. The number of nitrogens with zero attached hydrogens (tertiary/aromatic N) is 2. The standard InChI is InChI=1S/C17H24ClN3O3/c1-3-24-17(23)21-10-8-20(9-11-21)13(2)16(22)19-12-14-6-4-5-7-15(14)18/h4-7,13H,3,8-12H2,1-2H3,(H,19,22)/t13-/m0/s1. The number of halogens is 1. The molecule has 1 N–H and O–H groups in total. The average Bonchev–Trinajstić information content (AvgIpc) is 2.60. The number of piperazine rings is 1. The van der Waals surface area contributed by atoms with Crippen LogP contribution in [0.2, 0.25) is 5.02 Å². The fourth-order valence-electron chi connectivity index (χ4n) is 2.64. The lowest BCUT2D eigenvalue weighted by molar-refractivity contribution is -0.126. The Kier molecular flexibility index (Phi) is 6.87. The molecular formula is C17H24ClN3O3. The van der Waals surface area contributed by atoms with E-state index >= 15 is 0 Å². The van der Waals surface area contributed by atoms with Crippen LogP contribution in [-0.4, -0.2) is 60.6 Å². The van der Waals surface area contributed by atoms with Crippen molar-refractivity contribution in [3.63, 3.8) is 0 Å². The molecule has 1 atom stereocenters. The Labute approximate surface area is 147 Å². The first-order valence-corrected chi connectivity index (χ1v) is 8.57. The van der Waals surface area contributed by atoms with Gasteiger partial charge >= 0.3 is 6.09 Å². The van der Waals surface area contributed by atoms with Crippen LogP contribution >= 0.6 is 11.6 Å². The maximum Gasteiger partial charge on any atom is 0.409 e. The van der Waals surface area contributed by atoms with E-state index in [-0.39, 0.29) is 18.0 Å². The van der Waals surface area contributed by atoms with Crippen LogP contribution in [0.25, 0.3) is 0 Å². The van der Waals surface area contributed by atoms with Crippen molar-refractivity contribution in [2.75, 3.05) is 32.8 Å². The summed E-state index contributed by atoms with van der Waals surface area (Å²) in [4.78, 5) is 27.8. The number of hydrogen-bond donors (Lipinski definition) is 1. The number of hydrogen-bond acceptors (Lipinski definition) is 4. The minimum atomic E-state index is -0.284. The van der Waals surface area contributed by atoms with Crippen molar-refractivity contribution in [2.45, 2.75) is 26.4 Å². The molecule has 7 heteroatoms. The second kappa shape index (κ2) is 8.89. The molecule has 24 heavy (non-hydrogen) atoms. The molecule has 0 spiro atoms. The molecule has 0 bridgehead atoms. The SMILES string of the molecule is CCOC(=O)N1CCN([C@@H](C)C(=O)NCc2ccccc2Cl)CC1. The van der Waals surface area contributed by atoms with Gasteiger partial charge in [0.1, 0.15) is 0 Å². The third-order valence-electron chi connectivity index (χ3n) is 4.18. The monoisotopic (exact) mass is 353 g/mol. The Balaban J connectivity index is 1.80. The first kappa shape index (κ1) is 18.5. The lowest BCUT2D eigenvalue weighted by Crippen LogP contribution is -2.55. The zero-order valence-electron chi connectivity index (χ0n) is 14.1. The number of carbonyl (C=O) groups excluding carboxylic acids is 2. The number of rotatable bonds is 5. The van der Waals surface area contributed by atoms with Crippen molar-refractivity contribution in [1.82, 2.24) is 15.1 Å². The van der Waals surface area contributed by atoms with Crippen LogP contribution in [0.1, 0.15) is 19.4 Å². The minimum absolute atomic E-state index is 0.0421. The lowest BCUT2D eigenvalue weighted by atomic mass is 10.2. The molecule has 132 valence electrons. The number of carbonyl (C=O) groups is 2. The van der Waals surface area contributed by atoms with Gasteiger partial charge in [0.25, 0.3) is 0 Å². The Morgan fingerprint density at radius 2 is 1.92 bits per heavy atom. The summed E-state index contributed by atoms with van der Waals surface area (Å²) in [6.07, 6.45) is -0.284. The summed E-state index contributed by atoms with van der Waals surface area (Å²) in [6, 6.07) is 7.20. The van der Waals surface area contributed by atoms with Crippen LogP contribution in [0.5, 0.6) is 0 Å². The Bertz CT molecular complexity index is 574. The topological polar surface area (TPSA) is 61.9 Å². The lowest BCUT2D eigenvalue weighted by Gasteiger charge is -2.36. The Morgan fingerprint density at radius 3 is 2.54 bits per heavy atom. The highest BCUT2D eigenvalue weighted by Gasteiger charge is 2.27. The summed E-state index contributed by atoms with van der Waals surface area (Å²) in [7, 11) is 0. The summed E-state index contributed by atoms with van der Waals surface area (Å²) >= 11 is 6.10. The molecule has 1 saturated heterocycles. The molecular weight excluding hydrogens is 330 g/mol. The first-order valence-electron chi connectivity index (χ1n) is 8.19. The van der Waals surface area contributed by atoms with Crippen molar-refractivity contribution in [3.8, 4) is 0 Å². The van der Waals surface area contributed by atoms with Gasteiger partial charge in [-0.2, -0.15) is 0 Å². The van der Waals surface area contributed by atoms with Crippen molar-refractivity contribution in [2.24, 2.45) is 0 Å². The highest BCUT2D eigenvalue weighted by Crippen LogP contribution is 2.14. The predicted octanol–water partition coefficient (Wildman–Crippen LogP) is 2.12. The van der Waals surface area contributed by atoms with Crippen molar-refractivity contribution in [1.29, 1.82) is 0 Å². The van der Waals surface area contributed by atoms with E-state index in [4.69, 9.17) is 16.3 Å². The van der Waals surface area contributed by atoms with E-state index in [9.17, 15) is 9.59 Å². The maximum atomic E-state index is 12.3. The Morgan fingerprint density at radius 1 is 1.25 bits per heavy atom. The third-order valence-corrected chi connectivity index (χ3v) is 4.55. The smallest absolute Gasteiger partial charge is 0.409 e. The van der Waals surface area contributed by atoms with Crippen LogP contribution in [-0.2, 0) is 16.1 Å². The van der Waals surface area contributed by atoms with Crippen molar-refractivity contribution >= 4 is 23.6 Å². The van der Waals surface area contributed by atoms with E-state index in [0.29, 0.717) is 44.4 Å². The molecule has 0 aromatic heterocycles. The quantitative estimate of drug-likeness (QED) is 0.880. The maximum absolute atomic E-state index is 12.3. The fraction of sp³-hybridized carbons (Fsp3) is 0.529. The molecule has 0 unspecified atom stereocenters. The highest BCUT2D eigenvalue weighted by molar-refractivity contribution is 6.31. The molecule has 1 heterocycles. The van der Waals surface area contributed by atoms with E-state index in [2.05, 4.69) is 10.2 Å². The molecule has 0 radical (unpaired) electrons. The summed E-state index contributed by atoms with van der Waals surface area (Å²) < 4.78 is 5.00. The molecule has 1 aliphatic rings. The molecule has 2 amide bonds. The molecule has 1 aromatic rings. The minimum Gasteiger partial charge on any atom is -0.450 e. The van der Waals surface area contributed by atoms with E-state index in [1.165, 1.54) is 0 Å². The van der Waals surface area contributed by atoms with Crippen molar-refractivity contribution < 1.29 is 14.3 Å². The molecule has 0 saturated carbocycles. The highest BCUT2D eigenvalue weighted by atomic mass is 35.5. The van der Waals surface area contributed by atoms with E-state index < -0.39 is 0 Å². The van der Waals surface area contributed by atoms with E-state index in [1.807, 2.05) is 25.1 Å². The first-order chi connectivity index (χ1) is 11.5. The zero-order valence-corrected chi connectivity index (χ0v) is 14.9. The number of ether oxygens (including phenoxy) is 1. The molecule has 1 fully saturated rings. The van der Waals surface area contributed by atoms with Gasteiger partial charge in [0.15, 0.2) is 0 Å². The molecule has 1 aliphatic heterocycles. The van der Waals surface area contributed by atoms with Crippen LogP contribution in [0.3, 0.4) is 0 Å². The summed E-state index contributed by atoms with van der Waals surface area (Å²) in [5, 5.41) is 3.57.